The lowest BCUT2D eigenvalue weighted by Crippen LogP contribution is -2.09. The first-order valence-electron chi connectivity index (χ1n) is 5.31. The molecule has 0 bridgehead atoms. The number of hydrogen-bond donors (Lipinski definition) is 1. The Balaban J connectivity index is 2.50. The number of hydrogen-bond acceptors (Lipinski definition) is 2. The van der Waals surface area contributed by atoms with Gasteiger partial charge in [-0.2, -0.15) is 0 Å². The number of rotatable bonds is 5. The van der Waals surface area contributed by atoms with Crippen LogP contribution in [-0.4, -0.2) is 6.61 Å². The predicted octanol–water partition coefficient (Wildman–Crippen LogP) is 3.22. The predicted molar refractivity (Wildman–Crippen MR) is 60.4 cm³/mol. The van der Waals surface area contributed by atoms with Crippen LogP contribution in [-0.2, 0) is 0 Å². The average molecular weight is 211 g/mol. The molecule has 1 aromatic carbocycles. The topological polar surface area (TPSA) is 35.2 Å². The molecule has 84 valence electrons. The highest BCUT2D eigenvalue weighted by atomic mass is 19.1. The fraction of sp³-hybridized carbons (Fsp3) is 0.500. The van der Waals surface area contributed by atoms with Crippen molar-refractivity contribution in [1.29, 1.82) is 0 Å². The highest BCUT2D eigenvalue weighted by Gasteiger charge is 2.06. The molecule has 15 heavy (non-hydrogen) atoms. The summed E-state index contributed by atoms with van der Waals surface area (Å²) in [6.45, 7) is 4.77. The highest BCUT2D eigenvalue weighted by Crippen LogP contribution is 2.20. The van der Waals surface area contributed by atoms with E-state index in [1.54, 1.807) is 12.1 Å². The van der Waals surface area contributed by atoms with E-state index < -0.39 is 5.82 Å². The summed E-state index contributed by atoms with van der Waals surface area (Å²) in [5, 5.41) is 0. The van der Waals surface area contributed by atoms with Gasteiger partial charge in [0, 0.05) is 11.8 Å². The van der Waals surface area contributed by atoms with Gasteiger partial charge in [0.05, 0.1) is 6.61 Å². The van der Waals surface area contributed by atoms with Crippen molar-refractivity contribution in [3.63, 3.8) is 0 Å². The molecular formula is C12H18FNO. The minimum absolute atomic E-state index is 0.284. The lowest BCUT2D eigenvalue weighted by molar-refractivity contribution is 0.242. The van der Waals surface area contributed by atoms with Crippen LogP contribution in [0.2, 0.25) is 0 Å². The van der Waals surface area contributed by atoms with Gasteiger partial charge in [-0.3, -0.25) is 0 Å². The maximum atomic E-state index is 13.3. The van der Waals surface area contributed by atoms with Gasteiger partial charge in [0.25, 0.3) is 0 Å². The third kappa shape index (κ3) is 3.78. The summed E-state index contributed by atoms with van der Waals surface area (Å²) in [7, 11) is 0. The second-order valence-corrected chi connectivity index (χ2v) is 3.89. The monoisotopic (exact) mass is 211 g/mol. The van der Waals surface area contributed by atoms with E-state index in [-0.39, 0.29) is 5.75 Å². The molecule has 0 aliphatic carbocycles. The molecule has 0 fully saturated rings. The summed E-state index contributed by atoms with van der Waals surface area (Å²) in [5.41, 5.74) is 5.85. The fourth-order valence-electron chi connectivity index (χ4n) is 1.44. The Labute approximate surface area is 90.2 Å². The first-order chi connectivity index (χ1) is 7.13. The maximum Gasteiger partial charge on any atom is 0.167 e. The van der Waals surface area contributed by atoms with Crippen LogP contribution >= 0.6 is 0 Å². The summed E-state index contributed by atoms with van der Waals surface area (Å²) >= 11 is 0. The van der Waals surface area contributed by atoms with Gasteiger partial charge in [-0.15, -0.1) is 0 Å². The van der Waals surface area contributed by atoms with Gasteiger partial charge in [-0.25, -0.2) is 4.39 Å². The van der Waals surface area contributed by atoms with Crippen LogP contribution in [0, 0.1) is 11.7 Å². The van der Waals surface area contributed by atoms with E-state index >= 15 is 0 Å². The molecule has 0 saturated heterocycles. The summed E-state index contributed by atoms with van der Waals surface area (Å²) in [4.78, 5) is 0. The molecule has 2 N–H and O–H groups in total. The largest absolute Gasteiger partial charge is 0.490 e. The zero-order valence-corrected chi connectivity index (χ0v) is 9.29. The van der Waals surface area contributed by atoms with Gasteiger partial charge < -0.3 is 10.5 Å². The molecule has 1 rings (SSSR count). The van der Waals surface area contributed by atoms with Gasteiger partial charge in [0.1, 0.15) is 0 Å². The number of nitrogens with two attached hydrogens (primary N) is 1. The van der Waals surface area contributed by atoms with Crippen molar-refractivity contribution in [2.24, 2.45) is 5.92 Å². The van der Waals surface area contributed by atoms with E-state index in [4.69, 9.17) is 10.5 Å². The van der Waals surface area contributed by atoms with Crippen molar-refractivity contribution in [1.82, 2.24) is 0 Å². The van der Waals surface area contributed by atoms with E-state index in [0.717, 1.165) is 12.8 Å². The van der Waals surface area contributed by atoms with Crippen LogP contribution in [0.4, 0.5) is 10.1 Å². The smallest absolute Gasteiger partial charge is 0.167 e. The number of benzene rings is 1. The Morgan fingerprint density at radius 3 is 2.80 bits per heavy atom. The second kappa shape index (κ2) is 5.59. The standard InChI is InChI=1S/C12H18FNO/c1-3-4-9(2)8-15-12-6-5-10(14)7-11(12)13/h5-7,9H,3-4,8,14H2,1-2H3/t9-/m0/s1. The molecule has 0 spiro atoms. The van der Waals surface area contributed by atoms with Crippen molar-refractivity contribution < 1.29 is 9.13 Å². The molecule has 0 saturated carbocycles. The quantitative estimate of drug-likeness (QED) is 0.759. The first-order valence-corrected chi connectivity index (χ1v) is 5.31. The molecule has 0 aliphatic heterocycles. The fourth-order valence-corrected chi connectivity index (χ4v) is 1.44. The van der Waals surface area contributed by atoms with Gasteiger partial charge in [0.2, 0.25) is 0 Å². The number of anilines is 1. The van der Waals surface area contributed by atoms with Crippen molar-refractivity contribution in [2.75, 3.05) is 12.3 Å². The maximum absolute atomic E-state index is 13.3. The molecule has 1 aromatic rings. The van der Waals surface area contributed by atoms with Gasteiger partial charge >= 0.3 is 0 Å². The van der Waals surface area contributed by atoms with Crippen molar-refractivity contribution in [2.45, 2.75) is 26.7 Å². The molecule has 1 atom stereocenters. The lowest BCUT2D eigenvalue weighted by Gasteiger charge is -2.12. The second-order valence-electron chi connectivity index (χ2n) is 3.89. The first kappa shape index (κ1) is 11.8. The van der Waals surface area contributed by atoms with Gasteiger partial charge in [-0.1, -0.05) is 20.3 Å². The van der Waals surface area contributed by atoms with Gasteiger partial charge in [-0.05, 0) is 24.5 Å². The number of halogens is 1. The van der Waals surface area contributed by atoms with Crippen LogP contribution < -0.4 is 10.5 Å². The number of nitrogen functional groups attached to an aromatic ring is 1. The van der Waals surface area contributed by atoms with Crippen LogP contribution in [0.25, 0.3) is 0 Å². The van der Waals surface area contributed by atoms with Gasteiger partial charge in [0.15, 0.2) is 11.6 Å². The van der Waals surface area contributed by atoms with Crippen LogP contribution in [0.5, 0.6) is 5.75 Å². The van der Waals surface area contributed by atoms with Crippen molar-refractivity contribution in [3.05, 3.63) is 24.0 Å². The Hall–Kier alpha value is -1.25. The summed E-state index contributed by atoms with van der Waals surface area (Å²) in [6.07, 6.45) is 2.21. The Morgan fingerprint density at radius 1 is 1.47 bits per heavy atom. The highest BCUT2D eigenvalue weighted by molar-refractivity contribution is 5.42. The minimum atomic E-state index is -0.390. The third-order valence-corrected chi connectivity index (χ3v) is 2.26. The minimum Gasteiger partial charge on any atom is -0.490 e. The molecule has 0 aromatic heterocycles. The van der Waals surface area contributed by atoms with Crippen LogP contribution in [0.3, 0.4) is 0 Å². The molecular weight excluding hydrogens is 193 g/mol. The molecule has 0 unspecified atom stereocenters. The van der Waals surface area contributed by atoms with Crippen LogP contribution in [0.1, 0.15) is 26.7 Å². The third-order valence-electron chi connectivity index (χ3n) is 2.26. The molecule has 0 aliphatic rings. The molecule has 0 radical (unpaired) electrons. The summed E-state index contributed by atoms with van der Waals surface area (Å²) < 4.78 is 18.7. The Kier molecular flexibility index (Phi) is 4.40. The zero-order valence-electron chi connectivity index (χ0n) is 9.29. The van der Waals surface area contributed by atoms with E-state index in [1.165, 1.54) is 6.07 Å². The Morgan fingerprint density at radius 2 is 2.20 bits per heavy atom. The molecule has 3 heteroatoms. The van der Waals surface area contributed by atoms with E-state index in [2.05, 4.69) is 13.8 Å². The van der Waals surface area contributed by atoms with E-state index in [1.807, 2.05) is 0 Å². The van der Waals surface area contributed by atoms with Crippen molar-refractivity contribution >= 4 is 5.69 Å². The lowest BCUT2D eigenvalue weighted by atomic mass is 10.1. The van der Waals surface area contributed by atoms with E-state index in [0.29, 0.717) is 18.2 Å². The Bertz CT molecular complexity index is 314. The molecule has 2 nitrogen and oxygen atoms in total. The number of ether oxygens (including phenoxy) is 1. The zero-order chi connectivity index (χ0) is 11.3. The van der Waals surface area contributed by atoms with E-state index in [9.17, 15) is 4.39 Å². The summed E-state index contributed by atoms with van der Waals surface area (Å²) in [6, 6.07) is 4.49. The van der Waals surface area contributed by atoms with Crippen LogP contribution in [0.15, 0.2) is 18.2 Å². The SMILES string of the molecule is CCC[C@H](C)COc1ccc(N)cc1F. The summed E-state index contributed by atoms with van der Waals surface area (Å²) in [5.74, 6) is 0.345. The van der Waals surface area contributed by atoms with Crippen molar-refractivity contribution in [3.8, 4) is 5.75 Å². The average Bonchev–Trinajstić information content (AvgIpc) is 2.17. The normalized spacial score (nSPS) is 12.5. The molecule has 0 heterocycles. The molecule has 0 amide bonds.